The summed E-state index contributed by atoms with van der Waals surface area (Å²) in [7, 11) is 1.41. The molecule has 0 aromatic heterocycles. The van der Waals surface area contributed by atoms with Gasteiger partial charge in [0.05, 0.1) is 0 Å². The topological polar surface area (TPSA) is 12.0 Å². The lowest BCUT2D eigenvalue weighted by Crippen LogP contribution is -2.13. The first-order chi connectivity index (χ1) is 6.50. The molecule has 0 fully saturated rings. The summed E-state index contributed by atoms with van der Waals surface area (Å²) in [6.07, 6.45) is 0. The Morgan fingerprint density at radius 2 is 1.43 bits per heavy atom. The van der Waals surface area contributed by atoms with Crippen LogP contribution in [0.2, 0.25) is 0 Å². The maximum Gasteiger partial charge on any atom is 0.166 e. The molecular formula is C9H8F4N. The Balaban J connectivity index is 3.43. The lowest BCUT2D eigenvalue weighted by Gasteiger charge is -2.08. The number of rotatable bonds is 2. The van der Waals surface area contributed by atoms with Crippen molar-refractivity contribution in [3.05, 3.63) is 41.3 Å². The number of hydrogen-bond donors (Lipinski definition) is 1. The summed E-state index contributed by atoms with van der Waals surface area (Å²) in [6.45, 7) is 2.61. The van der Waals surface area contributed by atoms with E-state index in [1.165, 1.54) is 7.05 Å². The summed E-state index contributed by atoms with van der Waals surface area (Å²) in [5.74, 6) is -5.70. The summed E-state index contributed by atoms with van der Waals surface area (Å²) in [6, 6.07) is 0. The lowest BCUT2D eigenvalue weighted by atomic mass is 10.1. The minimum atomic E-state index is -1.45. The second kappa shape index (κ2) is 3.96. The van der Waals surface area contributed by atoms with Crippen molar-refractivity contribution in [2.45, 2.75) is 6.54 Å². The van der Waals surface area contributed by atoms with Crippen LogP contribution in [0.5, 0.6) is 0 Å². The van der Waals surface area contributed by atoms with Gasteiger partial charge < -0.3 is 5.32 Å². The molecule has 0 saturated heterocycles. The van der Waals surface area contributed by atoms with Gasteiger partial charge in [-0.3, -0.25) is 0 Å². The van der Waals surface area contributed by atoms with Crippen molar-refractivity contribution < 1.29 is 17.6 Å². The molecule has 0 bridgehead atoms. The van der Waals surface area contributed by atoms with Crippen molar-refractivity contribution in [1.82, 2.24) is 5.32 Å². The Morgan fingerprint density at radius 1 is 1.00 bits per heavy atom. The standard InChI is InChI=1S/C9H8F4N/c1-4-6(10)8(12)5(3-14-2)9(13)7(4)11/h14H,1,3H2,2H3. The van der Waals surface area contributed by atoms with E-state index in [1.807, 2.05) is 0 Å². The Labute approximate surface area is 78.7 Å². The molecule has 1 aromatic carbocycles. The molecule has 77 valence electrons. The molecule has 1 aromatic rings. The monoisotopic (exact) mass is 206 g/mol. The molecule has 0 aliphatic heterocycles. The zero-order chi connectivity index (χ0) is 10.9. The quantitative estimate of drug-likeness (QED) is 0.577. The molecule has 0 spiro atoms. The van der Waals surface area contributed by atoms with Crippen LogP contribution in [0.15, 0.2) is 0 Å². The van der Waals surface area contributed by atoms with Crippen LogP contribution in [0.25, 0.3) is 0 Å². The van der Waals surface area contributed by atoms with Crippen LogP contribution >= 0.6 is 0 Å². The molecule has 0 saturated carbocycles. The van der Waals surface area contributed by atoms with E-state index in [4.69, 9.17) is 0 Å². The zero-order valence-corrected chi connectivity index (χ0v) is 7.43. The molecule has 0 amide bonds. The maximum absolute atomic E-state index is 13.0. The molecule has 14 heavy (non-hydrogen) atoms. The summed E-state index contributed by atoms with van der Waals surface area (Å²) in [5.41, 5.74) is -1.55. The largest absolute Gasteiger partial charge is 0.315 e. The van der Waals surface area contributed by atoms with Crippen molar-refractivity contribution in [1.29, 1.82) is 0 Å². The third-order valence-electron chi connectivity index (χ3n) is 1.80. The zero-order valence-electron chi connectivity index (χ0n) is 7.43. The van der Waals surface area contributed by atoms with E-state index in [2.05, 4.69) is 12.2 Å². The molecule has 0 aliphatic carbocycles. The highest BCUT2D eigenvalue weighted by atomic mass is 19.2. The van der Waals surface area contributed by atoms with Crippen LogP contribution < -0.4 is 5.32 Å². The molecule has 0 aliphatic rings. The van der Waals surface area contributed by atoms with Gasteiger partial charge in [0.2, 0.25) is 0 Å². The molecule has 0 atom stereocenters. The molecule has 1 N–H and O–H groups in total. The first-order valence-corrected chi connectivity index (χ1v) is 3.82. The van der Waals surface area contributed by atoms with Gasteiger partial charge in [0.15, 0.2) is 23.3 Å². The van der Waals surface area contributed by atoms with Crippen LogP contribution in [0.3, 0.4) is 0 Å². The SMILES string of the molecule is [CH2]c1c(F)c(F)c(CNC)c(F)c1F. The van der Waals surface area contributed by atoms with E-state index in [1.54, 1.807) is 0 Å². The van der Waals surface area contributed by atoms with Gasteiger partial charge in [-0.15, -0.1) is 0 Å². The molecule has 1 nitrogen and oxygen atoms in total. The van der Waals surface area contributed by atoms with E-state index < -0.39 is 34.4 Å². The smallest absolute Gasteiger partial charge is 0.166 e. The van der Waals surface area contributed by atoms with Gasteiger partial charge in [-0.25, -0.2) is 17.6 Å². The van der Waals surface area contributed by atoms with E-state index in [-0.39, 0.29) is 6.54 Å². The molecule has 1 rings (SSSR count). The Hall–Kier alpha value is -1.10. The number of hydrogen-bond acceptors (Lipinski definition) is 1. The average molecular weight is 206 g/mol. The number of benzene rings is 1. The van der Waals surface area contributed by atoms with Crippen LogP contribution in [0.1, 0.15) is 11.1 Å². The van der Waals surface area contributed by atoms with Crippen molar-refractivity contribution in [3.63, 3.8) is 0 Å². The predicted octanol–water partition coefficient (Wildman–Crippen LogP) is 2.14. The Morgan fingerprint density at radius 3 is 1.79 bits per heavy atom. The van der Waals surface area contributed by atoms with Crippen LogP contribution in [-0.2, 0) is 6.54 Å². The van der Waals surface area contributed by atoms with Crippen molar-refractivity contribution in [2.75, 3.05) is 7.05 Å². The number of halogens is 4. The third kappa shape index (κ3) is 1.59. The molecule has 0 heterocycles. The predicted molar refractivity (Wildman–Crippen MR) is 43.5 cm³/mol. The van der Waals surface area contributed by atoms with E-state index in [9.17, 15) is 17.6 Å². The van der Waals surface area contributed by atoms with Gasteiger partial charge >= 0.3 is 0 Å². The Kier molecular flexibility index (Phi) is 3.10. The van der Waals surface area contributed by atoms with Gasteiger partial charge in [0, 0.05) is 17.7 Å². The second-order valence-corrected chi connectivity index (χ2v) is 2.74. The fourth-order valence-corrected chi connectivity index (χ4v) is 1.05. The molecule has 5 heteroatoms. The van der Waals surface area contributed by atoms with Gasteiger partial charge in [-0.2, -0.15) is 0 Å². The fraction of sp³-hybridized carbons (Fsp3) is 0.222. The fourth-order valence-electron chi connectivity index (χ4n) is 1.05. The second-order valence-electron chi connectivity index (χ2n) is 2.74. The van der Waals surface area contributed by atoms with E-state index >= 15 is 0 Å². The summed E-state index contributed by atoms with van der Waals surface area (Å²) >= 11 is 0. The first-order valence-electron chi connectivity index (χ1n) is 3.82. The number of nitrogens with one attached hydrogen (secondary N) is 1. The third-order valence-corrected chi connectivity index (χ3v) is 1.80. The van der Waals surface area contributed by atoms with Gasteiger partial charge in [-0.05, 0) is 14.0 Å². The Bertz CT molecular complexity index is 333. The highest BCUT2D eigenvalue weighted by Crippen LogP contribution is 2.23. The summed E-state index contributed by atoms with van der Waals surface area (Å²) in [4.78, 5) is 0. The summed E-state index contributed by atoms with van der Waals surface area (Å²) in [5, 5.41) is 2.41. The van der Waals surface area contributed by atoms with E-state index in [0.29, 0.717) is 0 Å². The van der Waals surface area contributed by atoms with E-state index in [0.717, 1.165) is 0 Å². The molecule has 0 unspecified atom stereocenters. The highest BCUT2D eigenvalue weighted by Gasteiger charge is 2.22. The van der Waals surface area contributed by atoms with Crippen LogP contribution in [0, 0.1) is 30.2 Å². The van der Waals surface area contributed by atoms with Crippen LogP contribution in [-0.4, -0.2) is 7.05 Å². The molecular weight excluding hydrogens is 198 g/mol. The minimum Gasteiger partial charge on any atom is -0.315 e. The maximum atomic E-state index is 13.0. The van der Waals surface area contributed by atoms with Gasteiger partial charge in [0.25, 0.3) is 0 Å². The van der Waals surface area contributed by atoms with Gasteiger partial charge in [0.1, 0.15) is 0 Å². The first kappa shape index (κ1) is 11.0. The average Bonchev–Trinajstić information content (AvgIpc) is 2.19. The van der Waals surface area contributed by atoms with Crippen LogP contribution in [0.4, 0.5) is 17.6 Å². The van der Waals surface area contributed by atoms with Crippen molar-refractivity contribution in [3.8, 4) is 0 Å². The normalized spacial score (nSPS) is 10.7. The van der Waals surface area contributed by atoms with Crippen molar-refractivity contribution in [2.24, 2.45) is 0 Å². The summed E-state index contributed by atoms with van der Waals surface area (Å²) < 4.78 is 51.8. The molecule has 1 radical (unpaired) electrons. The lowest BCUT2D eigenvalue weighted by molar-refractivity contribution is 0.431. The van der Waals surface area contributed by atoms with Gasteiger partial charge in [-0.1, -0.05) is 0 Å². The minimum absolute atomic E-state index is 0.286. The highest BCUT2D eigenvalue weighted by molar-refractivity contribution is 5.31. The van der Waals surface area contributed by atoms with Crippen molar-refractivity contribution >= 4 is 0 Å².